The van der Waals surface area contributed by atoms with Gasteiger partial charge in [0.25, 0.3) is 0 Å². The van der Waals surface area contributed by atoms with Crippen LogP contribution in [0.1, 0.15) is 65.7 Å². The number of nitrogens with zero attached hydrogens (tertiary/aromatic N) is 1. The Morgan fingerprint density at radius 1 is 1.10 bits per heavy atom. The highest BCUT2D eigenvalue weighted by Gasteiger charge is 2.44. The number of hydrogen-bond donors (Lipinski definition) is 1. The van der Waals surface area contributed by atoms with E-state index in [-0.39, 0.29) is 17.4 Å². The number of piperidine rings is 1. The molecular formula is C16H27NO3. The van der Waals surface area contributed by atoms with Crippen LogP contribution in [-0.4, -0.2) is 34.0 Å². The molecule has 0 aromatic heterocycles. The largest absolute Gasteiger partial charge is 0.480 e. The van der Waals surface area contributed by atoms with Crippen LogP contribution in [0.25, 0.3) is 0 Å². The molecule has 0 aromatic rings. The van der Waals surface area contributed by atoms with Crippen LogP contribution in [0.4, 0.5) is 0 Å². The van der Waals surface area contributed by atoms with Crippen molar-refractivity contribution >= 4 is 11.9 Å². The first-order valence-corrected chi connectivity index (χ1v) is 7.83. The number of hydrogen-bond acceptors (Lipinski definition) is 2. The molecule has 0 bridgehead atoms. The second kappa shape index (κ2) is 5.74. The second-order valence-corrected chi connectivity index (χ2v) is 7.58. The molecule has 2 fully saturated rings. The molecule has 1 saturated heterocycles. The van der Waals surface area contributed by atoms with Crippen LogP contribution in [0.15, 0.2) is 0 Å². The number of fused-ring (bicyclic) bond motifs is 1. The summed E-state index contributed by atoms with van der Waals surface area (Å²) in [4.78, 5) is 25.9. The van der Waals surface area contributed by atoms with Crippen LogP contribution < -0.4 is 0 Å². The van der Waals surface area contributed by atoms with Crippen molar-refractivity contribution in [2.75, 3.05) is 0 Å². The summed E-state index contributed by atoms with van der Waals surface area (Å²) in [6, 6.07) is -0.447. The van der Waals surface area contributed by atoms with E-state index >= 15 is 0 Å². The van der Waals surface area contributed by atoms with Crippen LogP contribution in [0, 0.1) is 11.3 Å². The van der Waals surface area contributed by atoms with E-state index in [1.54, 1.807) is 4.90 Å². The zero-order valence-corrected chi connectivity index (χ0v) is 12.9. The van der Waals surface area contributed by atoms with Crippen molar-refractivity contribution < 1.29 is 14.7 Å². The summed E-state index contributed by atoms with van der Waals surface area (Å²) in [6.45, 7) is 6.09. The summed E-state index contributed by atoms with van der Waals surface area (Å²) in [6.07, 6.45) is 6.47. The minimum absolute atomic E-state index is 0.0292. The minimum atomic E-state index is -0.837. The third kappa shape index (κ3) is 3.33. The zero-order valence-electron chi connectivity index (χ0n) is 12.9. The van der Waals surface area contributed by atoms with Crippen molar-refractivity contribution in [2.45, 2.75) is 77.8 Å². The van der Waals surface area contributed by atoms with E-state index in [1.165, 1.54) is 6.42 Å². The summed E-state index contributed by atoms with van der Waals surface area (Å²) in [5.41, 5.74) is -0.0955. The number of amides is 1. The normalized spacial score (nSPS) is 30.8. The molecule has 1 aliphatic heterocycles. The van der Waals surface area contributed by atoms with Crippen LogP contribution in [0.3, 0.4) is 0 Å². The van der Waals surface area contributed by atoms with Crippen molar-refractivity contribution in [2.24, 2.45) is 11.3 Å². The molecule has 1 heterocycles. The standard InChI is InChI=1S/C16H27NO3/c1-16(2,3)10-14(18)17-12-7-5-4-6-11(12)8-9-13(17)15(19)20/h11-13H,4-10H2,1-3H3,(H,19,20). The molecule has 2 aliphatic rings. The molecule has 0 spiro atoms. The topological polar surface area (TPSA) is 57.6 Å². The third-order valence-electron chi connectivity index (χ3n) is 4.63. The van der Waals surface area contributed by atoms with E-state index in [4.69, 9.17) is 0 Å². The maximum Gasteiger partial charge on any atom is 0.326 e. The molecule has 1 amide bonds. The predicted molar refractivity (Wildman–Crippen MR) is 77.3 cm³/mol. The van der Waals surface area contributed by atoms with Gasteiger partial charge in [0.05, 0.1) is 0 Å². The molecule has 3 atom stereocenters. The Kier molecular flexibility index (Phi) is 4.40. The molecular weight excluding hydrogens is 254 g/mol. The number of carbonyl (C=O) groups excluding carboxylic acids is 1. The van der Waals surface area contributed by atoms with Gasteiger partial charge in [-0.3, -0.25) is 4.79 Å². The zero-order chi connectivity index (χ0) is 14.9. The molecule has 114 valence electrons. The van der Waals surface area contributed by atoms with Crippen molar-refractivity contribution in [3.05, 3.63) is 0 Å². The quantitative estimate of drug-likeness (QED) is 0.846. The number of carbonyl (C=O) groups is 2. The molecule has 0 radical (unpaired) electrons. The van der Waals surface area contributed by atoms with Crippen LogP contribution >= 0.6 is 0 Å². The van der Waals surface area contributed by atoms with Crippen LogP contribution in [0.2, 0.25) is 0 Å². The summed E-state index contributed by atoms with van der Waals surface area (Å²) in [5.74, 6) is -0.291. The Morgan fingerprint density at radius 2 is 1.75 bits per heavy atom. The van der Waals surface area contributed by atoms with E-state index in [0.717, 1.165) is 25.7 Å². The van der Waals surface area contributed by atoms with E-state index < -0.39 is 12.0 Å². The SMILES string of the molecule is CC(C)(C)CC(=O)N1C(C(=O)O)CCC2CCCCC21. The molecule has 20 heavy (non-hydrogen) atoms. The Bertz CT molecular complexity index is 386. The van der Waals surface area contributed by atoms with Gasteiger partial charge >= 0.3 is 5.97 Å². The molecule has 1 N–H and O–H groups in total. The molecule has 0 aromatic carbocycles. The smallest absolute Gasteiger partial charge is 0.326 e. The monoisotopic (exact) mass is 281 g/mol. The molecule has 4 heteroatoms. The van der Waals surface area contributed by atoms with Gasteiger partial charge in [0.1, 0.15) is 6.04 Å². The van der Waals surface area contributed by atoms with Crippen molar-refractivity contribution in [1.29, 1.82) is 0 Å². The Morgan fingerprint density at radius 3 is 2.35 bits per heavy atom. The van der Waals surface area contributed by atoms with Crippen LogP contribution in [0.5, 0.6) is 0 Å². The van der Waals surface area contributed by atoms with Gasteiger partial charge in [-0.05, 0) is 37.0 Å². The van der Waals surface area contributed by atoms with Gasteiger partial charge in [-0.25, -0.2) is 4.79 Å². The summed E-state index contributed by atoms with van der Waals surface area (Å²) in [5, 5.41) is 9.45. The fraction of sp³-hybridized carbons (Fsp3) is 0.875. The summed E-state index contributed by atoms with van der Waals surface area (Å²) >= 11 is 0. The Hall–Kier alpha value is -1.06. The lowest BCUT2D eigenvalue weighted by Crippen LogP contribution is -2.57. The first-order chi connectivity index (χ1) is 9.29. The lowest BCUT2D eigenvalue weighted by Gasteiger charge is -2.47. The van der Waals surface area contributed by atoms with Crippen molar-refractivity contribution in [3.8, 4) is 0 Å². The van der Waals surface area contributed by atoms with Gasteiger partial charge in [0, 0.05) is 12.5 Å². The number of likely N-dealkylation sites (tertiary alicyclic amines) is 1. The molecule has 2 rings (SSSR count). The van der Waals surface area contributed by atoms with Gasteiger partial charge in [0.2, 0.25) is 5.91 Å². The van der Waals surface area contributed by atoms with Crippen molar-refractivity contribution in [1.82, 2.24) is 4.90 Å². The lowest BCUT2D eigenvalue weighted by molar-refractivity contribution is -0.159. The molecule has 1 saturated carbocycles. The maximum atomic E-state index is 12.6. The fourth-order valence-corrected chi connectivity index (χ4v) is 3.78. The van der Waals surface area contributed by atoms with Gasteiger partial charge in [-0.1, -0.05) is 33.6 Å². The molecule has 3 unspecified atom stereocenters. The van der Waals surface area contributed by atoms with E-state index in [9.17, 15) is 14.7 Å². The first kappa shape index (κ1) is 15.3. The second-order valence-electron chi connectivity index (χ2n) is 7.58. The number of aliphatic carboxylic acids is 1. The average molecular weight is 281 g/mol. The number of carboxylic acids is 1. The summed E-state index contributed by atoms with van der Waals surface area (Å²) < 4.78 is 0. The average Bonchev–Trinajstić information content (AvgIpc) is 2.35. The first-order valence-electron chi connectivity index (χ1n) is 7.83. The highest BCUT2D eigenvalue weighted by molar-refractivity contribution is 5.84. The lowest BCUT2D eigenvalue weighted by atomic mass is 9.75. The third-order valence-corrected chi connectivity index (χ3v) is 4.63. The van der Waals surface area contributed by atoms with E-state index in [2.05, 4.69) is 0 Å². The Balaban J connectivity index is 2.20. The van der Waals surface area contributed by atoms with Crippen LogP contribution in [-0.2, 0) is 9.59 Å². The predicted octanol–water partition coefficient (Wildman–Crippen LogP) is 3.06. The van der Waals surface area contributed by atoms with E-state index in [0.29, 0.717) is 18.8 Å². The van der Waals surface area contributed by atoms with Gasteiger partial charge in [-0.2, -0.15) is 0 Å². The van der Waals surface area contributed by atoms with E-state index in [1.807, 2.05) is 20.8 Å². The van der Waals surface area contributed by atoms with Gasteiger partial charge < -0.3 is 10.0 Å². The Labute approximate surface area is 121 Å². The maximum absolute atomic E-state index is 12.6. The molecule has 4 nitrogen and oxygen atoms in total. The molecule has 1 aliphatic carbocycles. The van der Waals surface area contributed by atoms with Crippen molar-refractivity contribution in [3.63, 3.8) is 0 Å². The highest BCUT2D eigenvalue weighted by Crippen LogP contribution is 2.39. The highest BCUT2D eigenvalue weighted by atomic mass is 16.4. The number of rotatable bonds is 2. The minimum Gasteiger partial charge on any atom is -0.480 e. The fourth-order valence-electron chi connectivity index (χ4n) is 3.78. The van der Waals surface area contributed by atoms with Gasteiger partial charge in [0.15, 0.2) is 0 Å². The summed E-state index contributed by atoms with van der Waals surface area (Å²) in [7, 11) is 0. The van der Waals surface area contributed by atoms with Gasteiger partial charge in [-0.15, -0.1) is 0 Å². The number of carboxylic acid groups (broad SMARTS) is 1.